The van der Waals surface area contributed by atoms with E-state index in [9.17, 15) is 13.2 Å². The summed E-state index contributed by atoms with van der Waals surface area (Å²) in [6.07, 6.45) is 0.735. The fraction of sp³-hybridized carbons (Fsp3) is 0.143. The van der Waals surface area contributed by atoms with E-state index in [0.29, 0.717) is 17.2 Å². The third-order valence-electron chi connectivity index (χ3n) is 4.08. The highest BCUT2D eigenvalue weighted by Gasteiger charge is 2.17. The van der Waals surface area contributed by atoms with Gasteiger partial charge in [0.2, 0.25) is 0 Å². The van der Waals surface area contributed by atoms with Crippen LogP contribution in [0.25, 0.3) is 0 Å². The molecule has 0 bridgehead atoms. The number of amides is 1. The van der Waals surface area contributed by atoms with Gasteiger partial charge in [0, 0.05) is 11.9 Å². The Morgan fingerprint density at radius 1 is 0.967 bits per heavy atom. The summed E-state index contributed by atoms with van der Waals surface area (Å²) >= 11 is 0. The molecule has 0 radical (unpaired) electrons. The minimum atomic E-state index is -3.78. The number of nitrogens with zero attached hydrogens (tertiary/aromatic N) is 1. The predicted octanol–water partition coefficient (Wildman–Crippen LogP) is 3.30. The van der Waals surface area contributed by atoms with Gasteiger partial charge in [-0.1, -0.05) is 6.07 Å². The SMILES string of the molecule is COc1ccc(OC(C)C(=O)Nc2ccc(S(=O)(=O)Nc3ccccn3)cc2)cc1. The summed E-state index contributed by atoms with van der Waals surface area (Å²) in [5.74, 6) is 1.07. The van der Waals surface area contributed by atoms with Crippen molar-refractivity contribution in [1.29, 1.82) is 0 Å². The van der Waals surface area contributed by atoms with Gasteiger partial charge < -0.3 is 14.8 Å². The number of hydrogen-bond donors (Lipinski definition) is 2. The van der Waals surface area contributed by atoms with Crippen LogP contribution in [0.5, 0.6) is 11.5 Å². The normalized spacial score (nSPS) is 11.9. The second-order valence-electron chi connectivity index (χ2n) is 6.27. The lowest BCUT2D eigenvalue weighted by molar-refractivity contribution is -0.122. The molecule has 1 unspecified atom stereocenters. The van der Waals surface area contributed by atoms with Gasteiger partial charge in [0.25, 0.3) is 15.9 Å². The second kappa shape index (κ2) is 9.27. The Labute approximate surface area is 174 Å². The van der Waals surface area contributed by atoms with Crippen LogP contribution in [-0.4, -0.2) is 32.5 Å². The molecule has 156 valence electrons. The van der Waals surface area contributed by atoms with Crippen LogP contribution in [0.15, 0.2) is 77.8 Å². The molecule has 0 saturated carbocycles. The summed E-state index contributed by atoms with van der Waals surface area (Å²) < 4.78 is 37.9. The monoisotopic (exact) mass is 427 g/mol. The zero-order valence-electron chi connectivity index (χ0n) is 16.4. The van der Waals surface area contributed by atoms with E-state index in [1.54, 1.807) is 56.5 Å². The maximum Gasteiger partial charge on any atom is 0.265 e. The average Bonchev–Trinajstić information content (AvgIpc) is 2.75. The van der Waals surface area contributed by atoms with E-state index in [1.807, 2.05) is 0 Å². The smallest absolute Gasteiger partial charge is 0.265 e. The highest BCUT2D eigenvalue weighted by molar-refractivity contribution is 7.92. The van der Waals surface area contributed by atoms with Gasteiger partial charge in [-0.05, 0) is 67.6 Å². The highest BCUT2D eigenvalue weighted by Crippen LogP contribution is 2.20. The van der Waals surface area contributed by atoms with Gasteiger partial charge in [-0.2, -0.15) is 0 Å². The molecule has 2 aromatic carbocycles. The van der Waals surface area contributed by atoms with Crippen LogP contribution in [0.3, 0.4) is 0 Å². The molecular formula is C21H21N3O5S. The van der Waals surface area contributed by atoms with Gasteiger partial charge in [-0.3, -0.25) is 9.52 Å². The molecule has 1 amide bonds. The zero-order chi connectivity index (χ0) is 21.6. The number of carbonyl (C=O) groups excluding carboxylic acids is 1. The number of nitrogens with one attached hydrogen (secondary N) is 2. The van der Waals surface area contributed by atoms with Crippen molar-refractivity contribution in [3.63, 3.8) is 0 Å². The van der Waals surface area contributed by atoms with Gasteiger partial charge >= 0.3 is 0 Å². The van der Waals surface area contributed by atoms with Gasteiger partial charge in [-0.25, -0.2) is 13.4 Å². The standard InChI is InChI=1S/C21H21N3O5S/c1-15(29-18-10-8-17(28-2)9-11-18)21(25)23-16-6-12-19(13-7-16)30(26,27)24-20-5-3-4-14-22-20/h3-15H,1-2H3,(H,22,24)(H,23,25). The largest absolute Gasteiger partial charge is 0.497 e. The Bertz CT molecular complexity index is 1090. The molecule has 0 aliphatic carbocycles. The Hall–Kier alpha value is -3.59. The van der Waals surface area contributed by atoms with E-state index in [-0.39, 0.29) is 16.6 Å². The molecule has 30 heavy (non-hydrogen) atoms. The van der Waals surface area contributed by atoms with E-state index >= 15 is 0 Å². The molecule has 3 aromatic rings. The molecule has 0 spiro atoms. The molecule has 0 aliphatic rings. The number of hydrogen-bond acceptors (Lipinski definition) is 6. The predicted molar refractivity (Wildman–Crippen MR) is 113 cm³/mol. The summed E-state index contributed by atoms with van der Waals surface area (Å²) in [5.41, 5.74) is 0.446. The number of carbonyl (C=O) groups is 1. The number of aromatic nitrogens is 1. The topological polar surface area (TPSA) is 107 Å². The van der Waals surface area contributed by atoms with Crippen molar-refractivity contribution in [2.75, 3.05) is 17.1 Å². The van der Waals surface area contributed by atoms with Crippen molar-refractivity contribution in [2.45, 2.75) is 17.9 Å². The van der Waals surface area contributed by atoms with Crippen LogP contribution < -0.4 is 19.5 Å². The maximum absolute atomic E-state index is 12.4. The van der Waals surface area contributed by atoms with Crippen LogP contribution in [-0.2, 0) is 14.8 Å². The van der Waals surface area contributed by atoms with E-state index in [2.05, 4.69) is 15.0 Å². The lowest BCUT2D eigenvalue weighted by Gasteiger charge is -2.15. The minimum absolute atomic E-state index is 0.0497. The Kier molecular flexibility index (Phi) is 6.53. The minimum Gasteiger partial charge on any atom is -0.497 e. The van der Waals surface area contributed by atoms with Crippen molar-refractivity contribution in [3.8, 4) is 11.5 Å². The maximum atomic E-state index is 12.4. The van der Waals surface area contributed by atoms with Gasteiger partial charge in [0.15, 0.2) is 6.10 Å². The number of anilines is 2. The first-order chi connectivity index (χ1) is 14.4. The molecule has 8 nitrogen and oxygen atoms in total. The molecule has 0 fully saturated rings. The summed E-state index contributed by atoms with van der Waals surface area (Å²) in [6, 6.07) is 17.6. The molecular weight excluding hydrogens is 406 g/mol. The molecule has 0 saturated heterocycles. The molecule has 0 aliphatic heterocycles. The Morgan fingerprint density at radius 3 is 2.23 bits per heavy atom. The Morgan fingerprint density at radius 2 is 1.63 bits per heavy atom. The van der Waals surface area contributed by atoms with Crippen molar-refractivity contribution < 1.29 is 22.7 Å². The molecule has 1 aromatic heterocycles. The second-order valence-corrected chi connectivity index (χ2v) is 7.95. The number of rotatable bonds is 8. The lowest BCUT2D eigenvalue weighted by atomic mass is 10.3. The molecule has 2 N–H and O–H groups in total. The number of benzene rings is 2. The fourth-order valence-electron chi connectivity index (χ4n) is 2.49. The van der Waals surface area contributed by atoms with Crippen molar-refractivity contribution in [1.82, 2.24) is 4.98 Å². The van der Waals surface area contributed by atoms with Crippen molar-refractivity contribution in [2.24, 2.45) is 0 Å². The van der Waals surface area contributed by atoms with Gasteiger partial charge in [-0.15, -0.1) is 0 Å². The zero-order valence-corrected chi connectivity index (χ0v) is 17.2. The van der Waals surface area contributed by atoms with Crippen LogP contribution in [0.1, 0.15) is 6.92 Å². The summed E-state index contributed by atoms with van der Waals surface area (Å²) in [7, 11) is -2.21. The highest BCUT2D eigenvalue weighted by atomic mass is 32.2. The molecule has 1 heterocycles. The number of ether oxygens (including phenoxy) is 2. The number of sulfonamides is 1. The van der Waals surface area contributed by atoms with E-state index in [0.717, 1.165) is 0 Å². The van der Waals surface area contributed by atoms with Crippen LogP contribution in [0.4, 0.5) is 11.5 Å². The summed E-state index contributed by atoms with van der Waals surface area (Å²) in [5, 5.41) is 2.70. The first-order valence-corrected chi connectivity index (χ1v) is 10.5. The van der Waals surface area contributed by atoms with Gasteiger partial charge in [0.1, 0.15) is 17.3 Å². The Balaban J connectivity index is 1.60. The number of methoxy groups -OCH3 is 1. The molecule has 1 atom stereocenters. The number of pyridine rings is 1. The van der Waals surface area contributed by atoms with Crippen molar-refractivity contribution >= 4 is 27.4 Å². The van der Waals surface area contributed by atoms with E-state index < -0.39 is 16.1 Å². The average molecular weight is 427 g/mol. The quantitative estimate of drug-likeness (QED) is 0.571. The van der Waals surface area contributed by atoms with Crippen LogP contribution in [0.2, 0.25) is 0 Å². The van der Waals surface area contributed by atoms with Crippen LogP contribution in [0, 0.1) is 0 Å². The molecule has 9 heteroatoms. The van der Waals surface area contributed by atoms with Gasteiger partial charge in [0.05, 0.1) is 12.0 Å². The summed E-state index contributed by atoms with van der Waals surface area (Å²) in [4.78, 5) is 16.4. The first-order valence-electron chi connectivity index (χ1n) is 9.03. The van der Waals surface area contributed by atoms with Crippen LogP contribution >= 0.6 is 0 Å². The summed E-state index contributed by atoms with van der Waals surface area (Å²) in [6.45, 7) is 1.62. The van der Waals surface area contributed by atoms with E-state index in [4.69, 9.17) is 9.47 Å². The first kappa shape index (κ1) is 21.1. The fourth-order valence-corrected chi connectivity index (χ4v) is 3.50. The van der Waals surface area contributed by atoms with E-state index in [1.165, 1.54) is 30.5 Å². The lowest BCUT2D eigenvalue weighted by Crippen LogP contribution is -2.30. The third-order valence-corrected chi connectivity index (χ3v) is 5.45. The third kappa shape index (κ3) is 5.48. The molecule has 3 rings (SSSR count). The van der Waals surface area contributed by atoms with Crippen molar-refractivity contribution in [3.05, 3.63) is 72.9 Å².